The minimum absolute atomic E-state index is 0.182. The first-order chi connectivity index (χ1) is 13.6. The van der Waals surface area contributed by atoms with Gasteiger partial charge in [0, 0.05) is 27.9 Å². The van der Waals surface area contributed by atoms with Gasteiger partial charge in [0.1, 0.15) is 12.1 Å². The van der Waals surface area contributed by atoms with Crippen molar-refractivity contribution in [3.05, 3.63) is 77.4 Å². The molecule has 6 heteroatoms. The van der Waals surface area contributed by atoms with Gasteiger partial charge in [0.2, 0.25) is 0 Å². The van der Waals surface area contributed by atoms with E-state index in [9.17, 15) is 4.79 Å². The molecule has 5 N–H and O–H groups in total. The number of methoxy groups -OCH3 is 1. The van der Waals surface area contributed by atoms with Gasteiger partial charge in [-0.15, -0.1) is 0 Å². The number of ether oxygens (including phenoxy) is 1. The summed E-state index contributed by atoms with van der Waals surface area (Å²) < 4.78 is 5.59. The Morgan fingerprint density at radius 1 is 1.11 bits per heavy atom. The molecule has 6 nitrogen and oxygen atoms in total. The maximum Gasteiger partial charge on any atom is 0.195 e. The number of benzene rings is 3. The molecule has 0 saturated carbocycles. The largest absolute Gasteiger partial charge is 0.496 e. The molecule has 0 heterocycles. The summed E-state index contributed by atoms with van der Waals surface area (Å²) in [6.07, 6.45) is 1.35. The van der Waals surface area contributed by atoms with E-state index in [0.717, 1.165) is 16.7 Å². The van der Waals surface area contributed by atoms with E-state index in [1.165, 1.54) is 6.34 Å². The zero-order chi connectivity index (χ0) is 20.1. The maximum absolute atomic E-state index is 13.2. The van der Waals surface area contributed by atoms with Gasteiger partial charge in [0.15, 0.2) is 5.78 Å². The number of nitrogens with two attached hydrogens (primary N) is 2. The highest BCUT2D eigenvalue weighted by molar-refractivity contribution is 6.14. The van der Waals surface area contributed by atoms with Gasteiger partial charge >= 0.3 is 0 Å². The minimum atomic E-state index is -0.182. The van der Waals surface area contributed by atoms with Crippen LogP contribution in [0.2, 0.25) is 0 Å². The third kappa shape index (κ3) is 3.72. The number of hydrogen-bond donors (Lipinski definition) is 3. The number of ketones is 1. The number of carbonyl (C=O) groups excluding carboxylic acids is 1. The number of nitrogens with one attached hydrogen (secondary N) is 1. The van der Waals surface area contributed by atoms with Crippen LogP contribution in [0.1, 0.15) is 21.5 Å². The lowest BCUT2D eigenvalue weighted by Gasteiger charge is -2.17. The fourth-order valence-corrected chi connectivity index (χ4v) is 3.09. The molecule has 0 aliphatic rings. The van der Waals surface area contributed by atoms with E-state index >= 15 is 0 Å². The Labute approximate surface area is 163 Å². The number of nitrogens with zero attached hydrogens (tertiary/aromatic N) is 1. The molecule has 0 aliphatic carbocycles. The van der Waals surface area contributed by atoms with E-state index in [1.54, 1.807) is 37.4 Å². The highest BCUT2D eigenvalue weighted by Crippen LogP contribution is 2.38. The second kappa shape index (κ2) is 8.37. The first-order valence-electron chi connectivity index (χ1n) is 8.72. The van der Waals surface area contributed by atoms with Gasteiger partial charge < -0.3 is 15.9 Å². The Morgan fingerprint density at radius 2 is 1.86 bits per heavy atom. The third-order valence-electron chi connectivity index (χ3n) is 4.50. The van der Waals surface area contributed by atoms with Crippen LogP contribution in [0.25, 0.3) is 11.1 Å². The summed E-state index contributed by atoms with van der Waals surface area (Å²) in [4.78, 5) is 17.3. The van der Waals surface area contributed by atoms with Crippen LogP contribution >= 0.6 is 0 Å². The molecule has 0 aromatic heterocycles. The first kappa shape index (κ1) is 19.1. The lowest BCUT2D eigenvalue weighted by atomic mass is 9.92. The average molecular weight is 374 g/mol. The van der Waals surface area contributed by atoms with Crippen LogP contribution in [-0.2, 0) is 0 Å². The summed E-state index contributed by atoms with van der Waals surface area (Å²) >= 11 is 0. The Balaban J connectivity index is 2.13. The molecule has 0 amide bonds. The second-order valence-corrected chi connectivity index (χ2v) is 6.21. The molecule has 0 spiro atoms. The van der Waals surface area contributed by atoms with Gasteiger partial charge in [-0.3, -0.25) is 4.79 Å². The zero-order valence-electron chi connectivity index (χ0n) is 15.8. The standard InChI is InChI=1S/C22H22N4O2/c1-14-20(23)19(12-18(22(14)28-2)15-7-4-3-5-8-15)21(27)16-9-6-10-17(11-16)25-13-26-24/h3-13H,23-24H2,1-2H3,(H,25,26). The van der Waals surface area contributed by atoms with Gasteiger partial charge in [-0.25, -0.2) is 10.8 Å². The van der Waals surface area contributed by atoms with E-state index < -0.39 is 0 Å². The van der Waals surface area contributed by atoms with Crippen molar-refractivity contribution in [2.45, 2.75) is 6.92 Å². The van der Waals surface area contributed by atoms with Crippen molar-refractivity contribution < 1.29 is 9.53 Å². The smallest absolute Gasteiger partial charge is 0.195 e. The molecule has 0 saturated heterocycles. The van der Waals surface area contributed by atoms with Gasteiger partial charge in [-0.1, -0.05) is 42.5 Å². The normalized spacial score (nSPS) is 10.8. The number of hydrogen-bond acceptors (Lipinski definition) is 5. The Hall–Kier alpha value is -3.64. The van der Waals surface area contributed by atoms with E-state index in [-0.39, 0.29) is 5.78 Å². The van der Waals surface area contributed by atoms with Crippen molar-refractivity contribution in [2.75, 3.05) is 12.8 Å². The first-order valence-corrected chi connectivity index (χ1v) is 8.72. The summed E-state index contributed by atoms with van der Waals surface area (Å²) in [5.74, 6) is 5.68. The Bertz CT molecular complexity index is 1030. The SMILES string of the molecule is COc1c(-c2ccccc2)cc(C(=O)c2cccc(N=CNN)c2)c(N)c1C. The number of aliphatic imine (C=N–C) groups is 1. The summed E-state index contributed by atoms with van der Waals surface area (Å²) in [6, 6.07) is 18.5. The quantitative estimate of drug-likeness (QED) is 0.153. The molecule has 3 aromatic carbocycles. The van der Waals surface area contributed by atoms with Crippen LogP contribution in [0.3, 0.4) is 0 Å². The third-order valence-corrected chi connectivity index (χ3v) is 4.50. The zero-order valence-corrected chi connectivity index (χ0v) is 15.8. The molecule has 0 atom stereocenters. The van der Waals surface area contributed by atoms with E-state index in [1.807, 2.05) is 37.3 Å². The predicted molar refractivity (Wildman–Crippen MR) is 113 cm³/mol. The van der Waals surface area contributed by atoms with Gasteiger partial charge in [0.05, 0.1) is 12.8 Å². The summed E-state index contributed by atoms with van der Waals surface area (Å²) in [6.45, 7) is 1.85. The molecule has 142 valence electrons. The molecule has 0 radical (unpaired) electrons. The van der Waals surface area contributed by atoms with Crippen LogP contribution in [0.5, 0.6) is 5.75 Å². The predicted octanol–water partition coefficient (Wildman–Crippen LogP) is 3.61. The molecule has 0 bridgehead atoms. The summed E-state index contributed by atoms with van der Waals surface area (Å²) in [7, 11) is 1.60. The minimum Gasteiger partial charge on any atom is -0.496 e. The Morgan fingerprint density at radius 3 is 2.54 bits per heavy atom. The number of hydrazine groups is 1. The van der Waals surface area contributed by atoms with Crippen molar-refractivity contribution in [2.24, 2.45) is 10.8 Å². The van der Waals surface area contributed by atoms with E-state index in [0.29, 0.717) is 28.3 Å². The number of rotatable bonds is 6. The highest BCUT2D eigenvalue weighted by Gasteiger charge is 2.20. The molecule has 3 rings (SSSR count). The second-order valence-electron chi connectivity index (χ2n) is 6.21. The lowest BCUT2D eigenvalue weighted by molar-refractivity contribution is 0.103. The van der Waals surface area contributed by atoms with Gasteiger partial charge in [-0.2, -0.15) is 0 Å². The molecule has 0 aliphatic heterocycles. The van der Waals surface area contributed by atoms with Crippen molar-refractivity contribution in [1.82, 2.24) is 5.43 Å². The van der Waals surface area contributed by atoms with Crippen LogP contribution in [-0.4, -0.2) is 19.2 Å². The fraction of sp³-hybridized carbons (Fsp3) is 0.0909. The molecule has 28 heavy (non-hydrogen) atoms. The monoisotopic (exact) mass is 374 g/mol. The van der Waals surface area contributed by atoms with Crippen LogP contribution in [0.15, 0.2) is 65.7 Å². The molecule has 0 fully saturated rings. The number of carbonyl (C=O) groups is 1. The highest BCUT2D eigenvalue weighted by atomic mass is 16.5. The van der Waals surface area contributed by atoms with Crippen molar-refractivity contribution in [1.29, 1.82) is 0 Å². The van der Waals surface area contributed by atoms with Crippen LogP contribution < -0.4 is 21.7 Å². The average Bonchev–Trinajstić information content (AvgIpc) is 2.74. The van der Waals surface area contributed by atoms with E-state index in [4.69, 9.17) is 16.3 Å². The lowest BCUT2D eigenvalue weighted by Crippen LogP contribution is -2.18. The molecular weight excluding hydrogens is 352 g/mol. The van der Waals surface area contributed by atoms with Gasteiger partial charge in [0.25, 0.3) is 0 Å². The van der Waals surface area contributed by atoms with Gasteiger partial charge in [-0.05, 0) is 30.7 Å². The summed E-state index contributed by atoms with van der Waals surface area (Å²) in [5.41, 5.74) is 13.1. The van der Waals surface area contributed by atoms with Crippen molar-refractivity contribution in [3.63, 3.8) is 0 Å². The van der Waals surface area contributed by atoms with Crippen molar-refractivity contribution >= 4 is 23.5 Å². The number of nitrogen functional groups attached to an aromatic ring is 1. The van der Waals surface area contributed by atoms with Crippen molar-refractivity contribution in [3.8, 4) is 16.9 Å². The van der Waals surface area contributed by atoms with Crippen LogP contribution in [0, 0.1) is 6.92 Å². The topological polar surface area (TPSA) is 103 Å². The van der Waals surface area contributed by atoms with Crippen LogP contribution in [0.4, 0.5) is 11.4 Å². The number of anilines is 1. The summed E-state index contributed by atoms with van der Waals surface area (Å²) in [5, 5.41) is 0. The molecule has 3 aromatic rings. The molecule has 0 unspecified atom stereocenters. The Kier molecular flexibility index (Phi) is 5.72. The fourth-order valence-electron chi connectivity index (χ4n) is 3.09. The molecular formula is C22H22N4O2. The maximum atomic E-state index is 13.2. The van der Waals surface area contributed by atoms with E-state index in [2.05, 4.69) is 10.4 Å².